The van der Waals surface area contributed by atoms with Crippen LogP contribution in [0.25, 0.3) is 0 Å². The second-order valence-electron chi connectivity index (χ2n) is 7.55. The van der Waals surface area contributed by atoms with Crippen molar-refractivity contribution >= 4 is 5.91 Å². The number of hydrogen-bond donors (Lipinski definition) is 1. The van der Waals surface area contributed by atoms with Crippen LogP contribution < -0.4 is 10.1 Å². The minimum Gasteiger partial charge on any atom is -0.484 e. The summed E-state index contributed by atoms with van der Waals surface area (Å²) in [5.74, 6) is 0.673. The predicted octanol–water partition coefficient (Wildman–Crippen LogP) is 2.21. The number of rotatable bonds is 7. The van der Waals surface area contributed by atoms with Gasteiger partial charge in [-0.15, -0.1) is 0 Å². The number of piperazine rings is 1. The van der Waals surface area contributed by atoms with Crippen molar-refractivity contribution in [2.45, 2.75) is 40.2 Å². The van der Waals surface area contributed by atoms with Crippen molar-refractivity contribution in [3.63, 3.8) is 0 Å². The molecule has 1 amide bonds. The van der Waals surface area contributed by atoms with Crippen LogP contribution in [0.3, 0.4) is 0 Å². The first-order valence-electron chi connectivity index (χ1n) is 9.26. The molecule has 1 aromatic carbocycles. The third kappa shape index (κ3) is 5.72. The largest absolute Gasteiger partial charge is 0.484 e. The summed E-state index contributed by atoms with van der Waals surface area (Å²) in [7, 11) is 0. The number of amides is 1. The van der Waals surface area contributed by atoms with Gasteiger partial charge in [0.1, 0.15) is 5.75 Å². The van der Waals surface area contributed by atoms with Crippen molar-refractivity contribution in [3.8, 4) is 5.75 Å². The monoisotopic (exact) mass is 347 g/mol. The van der Waals surface area contributed by atoms with Crippen LogP contribution >= 0.6 is 0 Å². The van der Waals surface area contributed by atoms with Gasteiger partial charge in [-0.25, -0.2) is 0 Å². The van der Waals surface area contributed by atoms with Crippen molar-refractivity contribution in [3.05, 3.63) is 29.3 Å². The molecular weight excluding hydrogens is 314 g/mol. The Bertz CT molecular complexity index is 578. The lowest BCUT2D eigenvalue weighted by atomic mass is 10.0. The zero-order valence-corrected chi connectivity index (χ0v) is 16.4. The molecular formula is C20H33N3O2. The molecule has 1 aromatic rings. The van der Waals surface area contributed by atoms with Crippen molar-refractivity contribution in [1.82, 2.24) is 15.1 Å². The zero-order chi connectivity index (χ0) is 18.4. The molecule has 0 bridgehead atoms. The van der Waals surface area contributed by atoms with Gasteiger partial charge < -0.3 is 15.0 Å². The highest BCUT2D eigenvalue weighted by molar-refractivity contribution is 5.77. The quantitative estimate of drug-likeness (QED) is 0.821. The Balaban J connectivity index is 1.75. The molecule has 1 aliphatic heterocycles. The number of carbonyl (C=O) groups is 1. The standard InChI is InChI=1S/C20H33N3O2/c1-6-22-9-11-23(12-10-22)20(4,5)15-21-19(24)14-25-18-8-7-16(2)17(3)13-18/h7-8,13H,6,9-12,14-15H2,1-5H3,(H,21,24). The van der Waals surface area contributed by atoms with Crippen molar-refractivity contribution in [2.75, 3.05) is 45.9 Å². The number of ether oxygens (including phenoxy) is 1. The van der Waals surface area contributed by atoms with E-state index in [-0.39, 0.29) is 18.1 Å². The Morgan fingerprint density at radius 2 is 1.84 bits per heavy atom. The van der Waals surface area contributed by atoms with E-state index in [4.69, 9.17) is 4.74 Å². The number of nitrogens with one attached hydrogen (secondary N) is 1. The van der Waals surface area contributed by atoms with Crippen LogP contribution in [0.15, 0.2) is 18.2 Å². The van der Waals surface area contributed by atoms with Crippen LogP contribution in [0.1, 0.15) is 31.9 Å². The van der Waals surface area contributed by atoms with Crippen molar-refractivity contribution < 1.29 is 9.53 Å². The molecule has 0 radical (unpaired) electrons. The van der Waals surface area contributed by atoms with Gasteiger partial charge >= 0.3 is 0 Å². The zero-order valence-electron chi connectivity index (χ0n) is 16.4. The third-order valence-electron chi connectivity index (χ3n) is 5.24. The SMILES string of the molecule is CCN1CCN(C(C)(C)CNC(=O)COc2ccc(C)c(C)c2)CC1. The highest BCUT2D eigenvalue weighted by Gasteiger charge is 2.29. The Morgan fingerprint density at radius 1 is 1.16 bits per heavy atom. The van der Waals surface area contributed by atoms with Crippen molar-refractivity contribution in [2.24, 2.45) is 0 Å². The summed E-state index contributed by atoms with van der Waals surface area (Å²) in [5.41, 5.74) is 2.35. The van der Waals surface area contributed by atoms with E-state index in [1.54, 1.807) is 0 Å². The first-order valence-corrected chi connectivity index (χ1v) is 9.26. The molecule has 0 atom stereocenters. The second-order valence-corrected chi connectivity index (χ2v) is 7.55. The first-order chi connectivity index (χ1) is 11.8. The average molecular weight is 348 g/mol. The number of aryl methyl sites for hydroxylation is 2. The lowest BCUT2D eigenvalue weighted by Gasteiger charge is -2.44. The Labute approximate surface area is 152 Å². The molecule has 1 aliphatic rings. The minimum atomic E-state index is -0.0708. The molecule has 5 heteroatoms. The van der Waals surface area contributed by atoms with E-state index in [2.05, 4.69) is 42.8 Å². The first kappa shape index (κ1) is 19.7. The van der Waals surface area contributed by atoms with Crippen LogP contribution in [0.2, 0.25) is 0 Å². The van der Waals surface area contributed by atoms with Crippen LogP contribution in [0.4, 0.5) is 0 Å². The Morgan fingerprint density at radius 3 is 2.44 bits per heavy atom. The fourth-order valence-corrected chi connectivity index (χ4v) is 3.10. The van der Waals surface area contributed by atoms with E-state index < -0.39 is 0 Å². The van der Waals surface area contributed by atoms with Crippen LogP contribution in [-0.4, -0.2) is 67.1 Å². The number of nitrogens with zero attached hydrogens (tertiary/aromatic N) is 2. The summed E-state index contributed by atoms with van der Waals surface area (Å²) < 4.78 is 5.61. The van der Waals surface area contributed by atoms with E-state index in [1.165, 1.54) is 11.1 Å². The summed E-state index contributed by atoms with van der Waals surface area (Å²) in [6, 6.07) is 5.90. The van der Waals surface area contributed by atoms with Crippen LogP contribution in [0.5, 0.6) is 5.75 Å². The molecule has 1 N–H and O–H groups in total. The molecule has 0 aliphatic carbocycles. The van der Waals surface area contributed by atoms with Gasteiger partial charge in [0.05, 0.1) is 0 Å². The maximum absolute atomic E-state index is 12.1. The average Bonchev–Trinajstić information content (AvgIpc) is 2.61. The summed E-state index contributed by atoms with van der Waals surface area (Å²) in [6.07, 6.45) is 0. The van der Waals surface area contributed by atoms with Crippen LogP contribution in [0, 0.1) is 13.8 Å². The van der Waals surface area contributed by atoms with Gasteiger partial charge in [0.2, 0.25) is 0 Å². The number of benzene rings is 1. The molecule has 1 saturated heterocycles. The number of hydrogen-bond acceptors (Lipinski definition) is 4. The molecule has 25 heavy (non-hydrogen) atoms. The maximum Gasteiger partial charge on any atom is 0.258 e. The molecule has 0 aromatic heterocycles. The van der Waals surface area contributed by atoms with Gasteiger partial charge in [-0.1, -0.05) is 13.0 Å². The van der Waals surface area contributed by atoms with Crippen molar-refractivity contribution in [1.29, 1.82) is 0 Å². The summed E-state index contributed by atoms with van der Waals surface area (Å²) in [5, 5.41) is 3.02. The molecule has 0 saturated carbocycles. The summed E-state index contributed by atoms with van der Waals surface area (Å²) in [4.78, 5) is 17.1. The Hall–Kier alpha value is -1.59. The van der Waals surface area contributed by atoms with E-state index >= 15 is 0 Å². The van der Waals surface area contributed by atoms with E-state index in [1.807, 2.05) is 25.1 Å². The molecule has 0 unspecified atom stereocenters. The van der Waals surface area contributed by atoms with Gasteiger partial charge in [-0.05, 0) is 57.5 Å². The number of carbonyl (C=O) groups excluding carboxylic acids is 1. The van der Waals surface area contributed by atoms with Gasteiger partial charge in [-0.2, -0.15) is 0 Å². The smallest absolute Gasteiger partial charge is 0.258 e. The summed E-state index contributed by atoms with van der Waals surface area (Å²) >= 11 is 0. The second kappa shape index (κ2) is 8.68. The number of likely N-dealkylation sites (N-methyl/N-ethyl adjacent to an activating group) is 1. The van der Waals surface area contributed by atoms with Crippen LogP contribution in [-0.2, 0) is 4.79 Å². The maximum atomic E-state index is 12.1. The van der Waals surface area contributed by atoms with E-state index in [0.717, 1.165) is 38.5 Å². The van der Waals surface area contributed by atoms with E-state index in [9.17, 15) is 4.79 Å². The topological polar surface area (TPSA) is 44.8 Å². The molecule has 140 valence electrons. The van der Waals surface area contributed by atoms with Gasteiger partial charge in [0.25, 0.3) is 5.91 Å². The van der Waals surface area contributed by atoms with Gasteiger partial charge in [-0.3, -0.25) is 9.69 Å². The third-order valence-corrected chi connectivity index (χ3v) is 5.24. The lowest BCUT2D eigenvalue weighted by Crippen LogP contribution is -2.58. The summed E-state index contributed by atoms with van der Waals surface area (Å²) in [6.45, 7) is 16.8. The highest BCUT2D eigenvalue weighted by atomic mass is 16.5. The molecule has 0 spiro atoms. The lowest BCUT2D eigenvalue weighted by molar-refractivity contribution is -0.123. The normalized spacial score (nSPS) is 16.7. The Kier molecular flexibility index (Phi) is 6.85. The molecule has 5 nitrogen and oxygen atoms in total. The molecule has 2 rings (SSSR count). The van der Waals surface area contributed by atoms with Gasteiger partial charge in [0.15, 0.2) is 6.61 Å². The van der Waals surface area contributed by atoms with Gasteiger partial charge in [0, 0.05) is 38.3 Å². The predicted molar refractivity (Wildman–Crippen MR) is 102 cm³/mol. The minimum absolute atomic E-state index is 0.0457. The molecule has 1 fully saturated rings. The molecule has 1 heterocycles. The van der Waals surface area contributed by atoms with E-state index in [0.29, 0.717) is 6.54 Å². The highest BCUT2D eigenvalue weighted by Crippen LogP contribution is 2.17. The fourth-order valence-electron chi connectivity index (χ4n) is 3.10. The fraction of sp³-hybridized carbons (Fsp3) is 0.650.